The highest BCUT2D eigenvalue weighted by Gasteiger charge is 2.28. The van der Waals surface area contributed by atoms with Gasteiger partial charge < -0.3 is 5.73 Å². The Hall–Kier alpha value is -1.02. The van der Waals surface area contributed by atoms with E-state index < -0.39 is 0 Å². The van der Waals surface area contributed by atoms with Gasteiger partial charge in [-0.2, -0.15) is 0 Å². The molecule has 1 aliphatic carbocycles. The Morgan fingerprint density at radius 2 is 1.85 bits per heavy atom. The zero-order valence-electron chi connectivity index (χ0n) is 13.3. The molecule has 1 saturated carbocycles. The molecule has 1 aromatic carbocycles. The number of rotatable bonds is 5. The molecule has 0 amide bonds. The molecule has 0 spiro atoms. The predicted molar refractivity (Wildman–Crippen MR) is 87.5 cm³/mol. The largest absolute Gasteiger partial charge is 0.399 e. The lowest BCUT2D eigenvalue weighted by Gasteiger charge is -2.39. The third-order valence-electron chi connectivity index (χ3n) is 4.52. The van der Waals surface area contributed by atoms with Gasteiger partial charge in [0.25, 0.3) is 0 Å². The van der Waals surface area contributed by atoms with Gasteiger partial charge >= 0.3 is 0 Å². The van der Waals surface area contributed by atoms with Crippen molar-refractivity contribution < 1.29 is 0 Å². The van der Waals surface area contributed by atoms with Crippen molar-refractivity contribution in [3.8, 4) is 0 Å². The van der Waals surface area contributed by atoms with Gasteiger partial charge in [0.1, 0.15) is 0 Å². The van der Waals surface area contributed by atoms with Gasteiger partial charge in [-0.3, -0.25) is 4.90 Å². The van der Waals surface area contributed by atoms with E-state index in [2.05, 4.69) is 43.9 Å². The van der Waals surface area contributed by atoms with E-state index in [0.29, 0.717) is 0 Å². The highest BCUT2D eigenvalue weighted by atomic mass is 15.2. The van der Waals surface area contributed by atoms with Crippen LogP contribution in [0.4, 0.5) is 5.69 Å². The van der Waals surface area contributed by atoms with Crippen LogP contribution in [0.2, 0.25) is 0 Å². The fourth-order valence-electron chi connectivity index (χ4n) is 3.81. The first-order valence-electron chi connectivity index (χ1n) is 8.17. The molecule has 112 valence electrons. The Morgan fingerprint density at radius 3 is 2.45 bits per heavy atom. The predicted octanol–water partition coefficient (Wildman–Crippen LogP) is 4.31. The SMILES string of the molecule is CCCN(Cc1cccc(N)c1)C1CC(C)CC(C)C1. The Balaban J connectivity index is 2.06. The van der Waals surface area contributed by atoms with Crippen LogP contribution in [-0.4, -0.2) is 17.5 Å². The summed E-state index contributed by atoms with van der Waals surface area (Å²) in [5.74, 6) is 1.73. The van der Waals surface area contributed by atoms with E-state index in [9.17, 15) is 0 Å². The molecule has 1 aromatic rings. The van der Waals surface area contributed by atoms with Crippen molar-refractivity contribution in [2.75, 3.05) is 12.3 Å². The molecule has 20 heavy (non-hydrogen) atoms. The molecule has 0 bridgehead atoms. The van der Waals surface area contributed by atoms with Gasteiger partial charge in [-0.1, -0.05) is 32.9 Å². The van der Waals surface area contributed by atoms with Crippen molar-refractivity contribution in [3.63, 3.8) is 0 Å². The highest BCUT2D eigenvalue weighted by molar-refractivity contribution is 5.40. The summed E-state index contributed by atoms with van der Waals surface area (Å²) in [6, 6.07) is 9.11. The molecule has 0 aromatic heterocycles. The van der Waals surface area contributed by atoms with Gasteiger partial charge in [0.05, 0.1) is 0 Å². The maximum absolute atomic E-state index is 5.91. The lowest BCUT2D eigenvalue weighted by atomic mass is 9.79. The average Bonchev–Trinajstić information content (AvgIpc) is 2.37. The maximum Gasteiger partial charge on any atom is 0.0317 e. The summed E-state index contributed by atoms with van der Waals surface area (Å²) in [7, 11) is 0. The second-order valence-corrected chi connectivity index (χ2v) is 6.79. The summed E-state index contributed by atoms with van der Waals surface area (Å²) in [4.78, 5) is 2.68. The molecule has 0 heterocycles. The quantitative estimate of drug-likeness (QED) is 0.811. The second kappa shape index (κ2) is 7.12. The van der Waals surface area contributed by atoms with Crippen molar-refractivity contribution in [1.29, 1.82) is 0 Å². The molecular weight excluding hydrogens is 244 g/mol. The zero-order chi connectivity index (χ0) is 14.5. The van der Waals surface area contributed by atoms with E-state index in [0.717, 1.165) is 30.1 Å². The standard InChI is InChI=1S/C18H30N2/c1-4-8-20(13-16-6-5-7-17(19)12-16)18-10-14(2)9-15(3)11-18/h5-7,12,14-15,18H,4,8-11,13,19H2,1-3H3. The minimum atomic E-state index is 0.745. The summed E-state index contributed by atoms with van der Waals surface area (Å²) in [6.07, 6.45) is 5.33. The molecule has 0 radical (unpaired) electrons. The Labute approximate surface area is 124 Å². The fraction of sp³-hybridized carbons (Fsp3) is 0.667. The van der Waals surface area contributed by atoms with E-state index in [1.165, 1.54) is 37.8 Å². The van der Waals surface area contributed by atoms with Crippen LogP contribution < -0.4 is 5.73 Å². The third-order valence-corrected chi connectivity index (χ3v) is 4.52. The number of hydrogen-bond donors (Lipinski definition) is 1. The summed E-state index contributed by atoms with van der Waals surface area (Å²) >= 11 is 0. The Kier molecular flexibility index (Phi) is 5.47. The molecule has 2 N–H and O–H groups in total. The van der Waals surface area contributed by atoms with Crippen LogP contribution in [-0.2, 0) is 6.54 Å². The molecule has 2 nitrogen and oxygen atoms in total. The first kappa shape index (κ1) is 15.4. The lowest BCUT2D eigenvalue weighted by molar-refractivity contribution is 0.103. The molecule has 2 atom stereocenters. The molecular formula is C18H30N2. The molecule has 1 aliphatic rings. The van der Waals surface area contributed by atoms with Gasteiger partial charge in [0.2, 0.25) is 0 Å². The van der Waals surface area contributed by atoms with E-state index in [-0.39, 0.29) is 0 Å². The topological polar surface area (TPSA) is 29.3 Å². The van der Waals surface area contributed by atoms with Gasteiger partial charge in [-0.15, -0.1) is 0 Å². The van der Waals surface area contributed by atoms with Crippen LogP contribution in [0.3, 0.4) is 0 Å². The molecule has 2 heteroatoms. The second-order valence-electron chi connectivity index (χ2n) is 6.79. The van der Waals surface area contributed by atoms with Crippen LogP contribution in [0.5, 0.6) is 0 Å². The lowest BCUT2D eigenvalue weighted by Crippen LogP contribution is -2.40. The van der Waals surface area contributed by atoms with Crippen LogP contribution in [0.15, 0.2) is 24.3 Å². The van der Waals surface area contributed by atoms with Crippen LogP contribution in [0.1, 0.15) is 52.0 Å². The summed E-state index contributed by atoms with van der Waals surface area (Å²) in [5, 5.41) is 0. The average molecular weight is 274 g/mol. The van der Waals surface area contributed by atoms with Crippen molar-refractivity contribution >= 4 is 5.69 Å². The summed E-state index contributed by atoms with van der Waals surface area (Å²) in [5.41, 5.74) is 8.14. The van der Waals surface area contributed by atoms with Crippen LogP contribution in [0, 0.1) is 11.8 Å². The Morgan fingerprint density at radius 1 is 1.15 bits per heavy atom. The first-order valence-corrected chi connectivity index (χ1v) is 8.17. The number of nitrogens with zero attached hydrogens (tertiary/aromatic N) is 1. The van der Waals surface area contributed by atoms with E-state index in [4.69, 9.17) is 5.73 Å². The summed E-state index contributed by atoms with van der Waals surface area (Å²) in [6.45, 7) is 9.34. The third kappa shape index (κ3) is 4.24. The number of hydrogen-bond acceptors (Lipinski definition) is 2. The molecule has 0 aliphatic heterocycles. The highest BCUT2D eigenvalue weighted by Crippen LogP contribution is 2.32. The van der Waals surface area contributed by atoms with Gasteiger partial charge in [-0.05, 0) is 61.8 Å². The number of anilines is 1. The van der Waals surface area contributed by atoms with Crippen molar-refractivity contribution in [3.05, 3.63) is 29.8 Å². The number of nitrogen functional groups attached to an aromatic ring is 1. The van der Waals surface area contributed by atoms with Crippen LogP contribution >= 0.6 is 0 Å². The molecule has 0 saturated heterocycles. The molecule has 1 fully saturated rings. The number of benzene rings is 1. The molecule has 2 rings (SSSR count). The van der Waals surface area contributed by atoms with Gasteiger partial charge in [0.15, 0.2) is 0 Å². The van der Waals surface area contributed by atoms with Gasteiger partial charge in [0, 0.05) is 18.3 Å². The maximum atomic E-state index is 5.91. The summed E-state index contributed by atoms with van der Waals surface area (Å²) < 4.78 is 0. The number of nitrogens with two attached hydrogens (primary N) is 1. The first-order chi connectivity index (χ1) is 9.58. The molecule has 2 unspecified atom stereocenters. The van der Waals surface area contributed by atoms with Crippen molar-refractivity contribution in [1.82, 2.24) is 4.90 Å². The van der Waals surface area contributed by atoms with E-state index >= 15 is 0 Å². The monoisotopic (exact) mass is 274 g/mol. The Bertz CT molecular complexity index is 406. The van der Waals surface area contributed by atoms with E-state index in [1.54, 1.807) is 0 Å². The van der Waals surface area contributed by atoms with Crippen molar-refractivity contribution in [2.24, 2.45) is 11.8 Å². The minimum absolute atomic E-state index is 0.745. The van der Waals surface area contributed by atoms with Gasteiger partial charge in [-0.25, -0.2) is 0 Å². The fourth-order valence-corrected chi connectivity index (χ4v) is 3.81. The zero-order valence-corrected chi connectivity index (χ0v) is 13.3. The minimum Gasteiger partial charge on any atom is -0.399 e. The van der Waals surface area contributed by atoms with E-state index in [1.807, 2.05) is 6.07 Å². The van der Waals surface area contributed by atoms with Crippen molar-refractivity contribution in [2.45, 2.75) is 59.0 Å². The smallest absolute Gasteiger partial charge is 0.0317 e. The normalized spacial score (nSPS) is 26.9. The van der Waals surface area contributed by atoms with Crippen LogP contribution in [0.25, 0.3) is 0 Å².